The molecule has 94 valence electrons. The zero-order valence-corrected chi connectivity index (χ0v) is 9.88. The highest BCUT2D eigenvalue weighted by molar-refractivity contribution is 5.85. The van der Waals surface area contributed by atoms with Crippen molar-refractivity contribution < 1.29 is 8.91 Å². The Morgan fingerprint density at radius 2 is 1.84 bits per heavy atom. The molecule has 0 saturated heterocycles. The maximum atomic E-state index is 13.0. The van der Waals surface area contributed by atoms with E-state index < -0.39 is 0 Å². The number of nitrogen functional groups attached to an aromatic ring is 1. The molecule has 0 bridgehead atoms. The Hall–Kier alpha value is -2.69. The van der Waals surface area contributed by atoms with Gasteiger partial charge in [-0.15, -0.1) is 0 Å². The van der Waals surface area contributed by atoms with Gasteiger partial charge in [-0.3, -0.25) is 4.98 Å². The van der Waals surface area contributed by atoms with Gasteiger partial charge >= 0.3 is 0 Å². The van der Waals surface area contributed by atoms with Crippen LogP contribution in [0.4, 0.5) is 10.2 Å². The molecule has 4 nitrogen and oxygen atoms in total. The molecule has 0 atom stereocenters. The molecule has 2 N–H and O–H groups in total. The summed E-state index contributed by atoms with van der Waals surface area (Å²) in [7, 11) is 0. The lowest BCUT2D eigenvalue weighted by atomic mass is 10.0. The van der Waals surface area contributed by atoms with Crippen molar-refractivity contribution in [2.24, 2.45) is 0 Å². The lowest BCUT2D eigenvalue weighted by Crippen LogP contribution is -1.89. The number of pyridine rings is 1. The molecule has 2 aromatic heterocycles. The lowest BCUT2D eigenvalue weighted by Gasteiger charge is -2.02. The standard InChI is InChI=1S/C14H10FN3O/c15-10-6-4-9(5-7-10)12-13(19-18-14(12)16)11-3-1-2-8-17-11/h1-8H,(H2,16,18). The molecular weight excluding hydrogens is 245 g/mol. The predicted octanol–water partition coefficient (Wildman–Crippen LogP) is 3.12. The summed E-state index contributed by atoms with van der Waals surface area (Å²) in [5, 5.41) is 3.76. The third kappa shape index (κ3) is 2.06. The summed E-state index contributed by atoms with van der Waals surface area (Å²) in [4.78, 5) is 4.20. The largest absolute Gasteiger partial charge is 0.380 e. The average molecular weight is 255 g/mol. The number of halogens is 1. The molecule has 0 aliphatic rings. The molecule has 0 spiro atoms. The Morgan fingerprint density at radius 3 is 2.53 bits per heavy atom. The molecule has 0 amide bonds. The van der Waals surface area contributed by atoms with Crippen molar-refractivity contribution in [3.05, 3.63) is 54.5 Å². The minimum Gasteiger partial charge on any atom is -0.380 e. The van der Waals surface area contributed by atoms with E-state index in [9.17, 15) is 4.39 Å². The van der Waals surface area contributed by atoms with Crippen molar-refractivity contribution in [3.8, 4) is 22.6 Å². The van der Waals surface area contributed by atoms with Gasteiger partial charge in [0.2, 0.25) is 0 Å². The summed E-state index contributed by atoms with van der Waals surface area (Å²) in [5.41, 5.74) is 7.81. The number of nitrogens with two attached hydrogens (primary N) is 1. The van der Waals surface area contributed by atoms with Crippen molar-refractivity contribution in [2.75, 3.05) is 5.73 Å². The van der Waals surface area contributed by atoms with E-state index in [1.807, 2.05) is 6.07 Å². The first-order valence-corrected chi connectivity index (χ1v) is 5.68. The molecule has 3 rings (SSSR count). The van der Waals surface area contributed by atoms with Gasteiger partial charge < -0.3 is 10.3 Å². The maximum Gasteiger partial charge on any atom is 0.195 e. The number of nitrogens with zero attached hydrogens (tertiary/aromatic N) is 2. The summed E-state index contributed by atoms with van der Waals surface area (Å²) in [6.45, 7) is 0. The van der Waals surface area contributed by atoms with Crippen LogP contribution >= 0.6 is 0 Å². The van der Waals surface area contributed by atoms with E-state index >= 15 is 0 Å². The fraction of sp³-hybridized carbons (Fsp3) is 0. The molecule has 3 aromatic rings. The third-order valence-corrected chi connectivity index (χ3v) is 2.75. The summed E-state index contributed by atoms with van der Waals surface area (Å²) in [6.07, 6.45) is 1.66. The minimum atomic E-state index is -0.307. The van der Waals surface area contributed by atoms with Crippen LogP contribution in [0.1, 0.15) is 0 Å². The van der Waals surface area contributed by atoms with Gasteiger partial charge in [-0.2, -0.15) is 0 Å². The first-order valence-electron chi connectivity index (χ1n) is 5.68. The molecule has 19 heavy (non-hydrogen) atoms. The van der Waals surface area contributed by atoms with Gasteiger partial charge in [0.15, 0.2) is 11.6 Å². The zero-order chi connectivity index (χ0) is 13.2. The van der Waals surface area contributed by atoms with Crippen LogP contribution in [0.15, 0.2) is 53.2 Å². The number of benzene rings is 1. The summed E-state index contributed by atoms with van der Waals surface area (Å²) in [5.74, 6) is 0.426. The maximum absolute atomic E-state index is 13.0. The summed E-state index contributed by atoms with van der Waals surface area (Å²) in [6, 6.07) is 11.4. The van der Waals surface area contributed by atoms with E-state index in [0.29, 0.717) is 17.0 Å². The van der Waals surface area contributed by atoms with Gasteiger partial charge in [0.1, 0.15) is 11.5 Å². The van der Waals surface area contributed by atoms with Crippen LogP contribution in [-0.4, -0.2) is 10.1 Å². The Morgan fingerprint density at radius 1 is 1.05 bits per heavy atom. The molecule has 0 aliphatic heterocycles. The van der Waals surface area contributed by atoms with Crippen LogP contribution in [0.25, 0.3) is 22.6 Å². The highest BCUT2D eigenvalue weighted by Gasteiger charge is 2.18. The topological polar surface area (TPSA) is 64.9 Å². The molecular formula is C14H10FN3O. The lowest BCUT2D eigenvalue weighted by molar-refractivity contribution is 0.435. The van der Waals surface area contributed by atoms with Crippen molar-refractivity contribution in [3.63, 3.8) is 0 Å². The first-order chi connectivity index (χ1) is 9.25. The monoisotopic (exact) mass is 255 g/mol. The number of hydrogen-bond acceptors (Lipinski definition) is 4. The summed E-state index contributed by atoms with van der Waals surface area (Å²) < 4.78 is 18.2. The normalized spacial score (nSPS) is 10.6. The van der Waals surface area contributed by atoms with Gasteiger partial charge in [-0.25, -0.2) is 4.39 Å². The van der Waals surface area contributed by atoms with Crippen LogP contribution in [0.5, 0.6) is 0 Å². The molecule has 0 radical (unpaired) electrons. The van der Waals surface area contributed by atoms with Gasteiger partial charge in [-0.1, -0.05) is 23.4 Å². The van der Waals surface area contributed by atoms with Gasteiger partial charge in [0.05, 0.1) is 5.56 Å². The molecule has 5 heteroatoms. The summed E-state index contributed by atoms with van der Waals surface area (Å²) >= 11 is 0. The van der Waals surface area contributed by atoms with Crippen LogP contribution in [0.2, 0.25) is 0 Å². The number of rotatable bonds is 2. The minimum absolute atomic E-state index is 0.257. The highest BCUT2D eigenvalue weighted by atomic mass is 19.1. The first kappa shape index (κ1) is 11.4. The zero-order valence-electron chi connectivity index (χ0n) is 9.88. The van der Waals surface area contributed by atoms with Crippen LogP contribution in [-0.2, 0) is 0 Å². The van der Waals surface area contributed by atoms with E-state index in [2.05, 4.69) is 10.1 Å². The number of aromatic nitrogens is 2. The third-order valence-electron chi connectivity index (χ3n) is 2.75. The van der Waals surface area contributed by atoms with E-state index in [-0.39, 0.29) is 11.6 Å². The smallest absolute Gasteiger partial charge is 0.195 e. The quantitative estimate of drug-likeness (QED) is 0.764. The second-order valence-corrected chi connectivity index (χ2v) is 3.99. The van der Waals surface area contributed by atoms with E-state index in [0.717, 1.165) is 5.56 Å². The van der Waals surface area contributed by atoms with Crippen molar-refractivity contribution >= 4 is 5.82 Å². The van der Waals surface area contributed by atoms with Crippen LogP contribution in [0, 0.1) is 5.82 Å². The SMILES string of the molecule is Nc1noc(-c2ccccn2)c1-c1ccc(F)cc1. The van der Waals surface area contributed by atoms with Crippen molar-refractivity contribution in [1.82, 2.24) is 10.1 Å². The van der Waals surface area contributed by atoms with Crippen molar-refractivity contribution in [2.45, 2.75) is 0 Å². The van der Waals surface area contributed by atoms with Gasteiger partial charge in [0.25, 0.3) is 0 Å². The second-order valence-electron chi connectivity index (χ2n) is 3.99. The molecule has 1 aromatic carbocycles. The average Bonchev–Trinajstić information content (AvgIpc) is 2.83. The Bertz CT molecular complexity index is 692. The van der Waals surface area contributed by atoms with Gasteiger partial charge in [-0.05, 0) is 29.8 Å². The second kappa shape index (κ2) is 4.53. The molecule has 0 saturated carbocycles. The predicted molar refractivity (Wildman–Crippen MR) is 69.5 cm³/mol. The van der Waals surface area contributed by atoms with Crippen LogP contribution in [0.3, 0.4) is 0 Å². The number of anilines is 1. The van der Waals surface area contributed by atoms with Crippen LogP contribution < -0.4 is 5.73 Å². The van der Waals surface area contributed by atoms with E-state index in [1.54, 1.807) is 30.5 Å². The Kier molecular flexibility index (Phi) is 2.72. The molecule has 0 aliphatic carbocycles. The molecule has 2 heterocycles. The Balaban J connectivity index is 2.17. The van der Waals surface area contributed by atoms with Gasteiger partial charge in [0, 0.05) is 6.20 Å². The van der Waals surface area contributed by atoms with E-state index in [1.165, 1.54) is 12.1 Å². The Labute approximate surface area is 108 Å². The number of hydrogen-bond donors (Lipinski definition) is 1. The van der Waals surface area contributed by atoms with E-state index in [4.69, 9.17) is 10.3 Å². The van der Waals surface area contributed by atoms with Crippen molar-refractivity contribution in [1.29, 1.82) is 0 Å². The fourth-order valence-corrected chi connectivity index (χ4v) is 1.87. The molecule has 0 fully saturated rings. The fourth-order valence-electron chi connectivity index (χ4n) is 1.87. The highest BCUT2D eigenvalue weighted by Crippen LogP contribution is 2.35. The molecule has 0 unspecified atom stereocenters.